The van der Waals surface area contributed by atoms with Crippen LogP contribution in [0.2, 0.25) is 5.02 Å². The van der Waals surface area contributed by atoms with Crippen LogP contribution >= 0.6 is 11.6 Å². The molecule has 1 heterocycles. The average Bonchev–Trinajstić information content (AvgIpc) is 2.84. The number of esters is 1. The lowest BCUT2D eigenvalue weighted by Crippen LogP contribution is -2.15. The number of ether oxygens (including phenoxy) is 1. The van der Waals surface area contributed by atoms with Gasteiger partial charge in [-0.15, -0.1) is 0 Å². The van der Waals surface area contributed by atoms with Crippen LogP contribution in [0.25, 0.3) is 22.2 Å². The molecule has 1 aromatic heterocycles. The number of carbonyl (C=O) groups is 2. The summed E-state index contributed by atoms with van der Waals surface area (Å²) in [5, 5.41) is 11.9. The van der Waals surface area contributed by atoms with Gasteiger partial charge in [0.2, 0.25) is 0 Å². The molecule has 0 aliphatic carbocycles. The second-order valence-electron chi connectivity index (χ2n) is 7.29. The highest BCUT2D eigenvalue weighted by Gasteiger charge is 2.19. The first-order valence-electron chi connectivity index (χ1n) is 9.95. The molecule has 0 radical (unpaired) electrons. The highest BCUT2D eigenvalue weighted by atomic mass is 35.5. The third-order valence-electron chi connectivity index (χ3n) is 5.19. The molecule has 33 heavy (non-hydrogen) atoms. The van der Waals surface area contributed by atoms with Crippen molar-refractivity contribution in [1.82, 2.24) is 4.98 Å². The van der Waals surface area contributed by atoms with Crippen molar-refractivity contribution in [1.29, 1.82) is 0 Å². The minimum atomic E-state index is -0.684. The van der Waals surface area contributed by atoms with Gasteiger partial charge in [-0.3, -0.25) is 14.9 Å². The molecule has 0 bridgehead atoms. The van der Waals surface area contributed by atoms with Crippen LogP contribution in [-0.2, 0) is 4.74 Å². The first kappa shape index (κ1) is 22.1. The van der Waals surface area contributed by atoms with Crippen LogP contribution in [0, 0.1) is 17.0 Å². The van der Waals surface area contributed by atoms with Crippen LogP contribution < -0.4 is 0 Å². The van der Waals surface area contributed by atoms with E-state index in [2.05, 4.69) is 0 Å². The van der Waals surface area contributed by atoms with Crippen molar-refractivity contribution >= 4 is 39.9 Å². The Morgan fingerprint density at radius 2 is 1.73 bits per heavy atom. The Bertz CT molecular complexity index is 1390. The first-order chi connectivity index (χ1) is 15.8. The number of halogens is 1. The van der Waals surface area contributed by atoms with Crippen molar-refractivity contribution in [3.8, 4) is 11.3 Å². The van der Waals surface area contributed by atoms with E-state index in [4.69, 9.17) is 21.3 Å². The number of hydrogen-bond acceptors (Lipinski definition) is 6. The smallest absolute Gasteiger partial charge is 0.339 e. The molecule has 0 spiro atoms. The summed E-state index contributed by atoms with van der Waals surface area (Å²) < 4.78 is 5.31. The number of Topliss-reactive ketones (excluding diaryl/α,β-unsaturated/α-hetero) is 1. The Morgan fingerprint density at radius 1 is 1.03 bits per heavy atom. The SMILES string of the molecule is Cc1c(Cl)ccc2c(C(=O)OCC(=O)c3ccc([N+](=O)[O-])cc3)cc(-c3ccccc3)nc12. The Hall–Kier alpha value is -4.10. The Labute approximate surface area is 193 Å². The lowest BCUT2D eigenvalue weighted by Gasteiger charge is -2.12. The number of nitro benzene ring substituents is 1. The molecule has 8 heteroatoms. The number of carbonyl (C=O) groups excluding carboxylic acids is 2. The second-order valence-corrected chi connectivity index (χ2v) is 7.70. The number of nitrogens with zero attached hydrogens (tertiary/aromatic N) is 2. The van der Waals surface area contributed by atoms with Gasteiger partial charge in [-0.2, -0.15) is 0 Å². The van der Waals surface area contributed by atoms with Crippen LogP contribution in [0.3, 0.4) is 0 Å². The number of ketones is 1. The summed E-state index contributed by atoms with van der Waals surface area (Å²) in [6, 6.07) is 19.5. The molecule has 164 valence electrons. The summed E-state index contributed by atoms with van der Waals surface area (Å²) in [4.78, 5) is 40.3. The van der Waals surface area contributed by atoms with E-state index in [0.717, 1.165) is 11.1 Å². The molecule has 7 nitrogen and oxygen atoms in total. The second kappa shape index (κ2) is 9.18. The molecule has 0 atom stereocenters. The van der Waals surface area contributed by atoms with Gasteiger partial charge in [-0.25, -0.2) is 9.78 Å². The molecule has 3 aromatic carbocycles. The molecule has 0 unspecified atom stereocenters. The minimum absolute atomic E-state index is 0.130. The number of non-ortho nitro benzene ring substituents is 1. The van der Waals surface area contributed by atoms with Gasteiger partial charge in [-0.05, 0) is 36.8 Å². The molecule has 0 fully saturated rings. The fourth-order valence-corrected chi connectivity index (χ4v) is 3.54. The molecule has 0 saturated carbocycles. The number of aryl methyl sites for hydroxylation is 1. The average molecular weight is 461 g/mol. The van der Waals surface area contributed by atoms with E-state index in [0.29, 0.717) is 21.6 Å². The highest BCUT2D eigenvalue weighted by molar-refractivity contribution is 6.32. The van der Waals surface area contributed by atoms with E-state index in [1.54, 1.807) is 18.2 Å². The molecule has 0 aliphatic rings. The topological polar surface area (TPSA) is 99.4 Å². The van der Waals surface area contributed by atoms with Gasteiger partial charge < -0.3 is 4.74 Å². The zero-order chi connectivity index (χ0) is 23.5. The maximum Gasteiger partial charge on any atom is 0.339 e. The third-order valence-corrected chi connectivity index (χ3v) is 5.60. The van der Waals surface area contributed by atoms with Crippen LogP contribution in [0.5, 0.6) is 0 Å². The zero-order valence-corrected chi connectivity index (χ0v) is 18.2. The fourth-order valence-electron chi connectivity index (χ4n) is 3.39. The minimum Gasteiger partial charge on any atom is -0.454 e. The molecule has 0 N–H and O–H groups in total. The molecular weight excluding hydrogens is 444 g/mol. The predicted molar refractivity (Wildman–Crippen MR) is 125 cm³/mol. The number of nitro groups is 1. The lowest BCUT2D eigenvalue weighted by molar-refractivity contribution is -0.384. The summed E-state index contributed by atoms with van der Waals surface area (Å²) in [5.41, 5.74) is 3.02. The highest BCUT2D eigenvalue weighted by Crippen LogP contribution is 2.30. The van der Waals surface area contributed by atoms with E-state index in [-0.39, 0.29) is 16.8 Å². The molecule has 0 aliphatic heterocycles. The summed E-state index contributed by atoms with van der Waals surface area (Å²) >= 11 is 6.28. The van der Waals surface area contributed by atoms with Crippen molar-refractivity contribution in [2.24, 2.45) is 0 Å². The molecule has 4 rings (SSSR count). The Balaban J connectivity index is 1.65. The number of fused-ring (bicyclic) bond motifs is 1. The summed E-state index contributed by atoms with van der Waals surface area (Å²) in [5.74, 6) is -1.16. The van der Waals surface area contributed by atoms with Gasteiger partial charge in [0.25, 0.3) is 5.69 Å². The summed E-state index contributed by atoms with van der Waals surface area (Å²) in [6.07, 6.45) is 0. The molecule has 0 saturated heterocycles. The lowest BCUT2D eigenvalue weighted by atomic mass is 10.0. The van der Waals surface area contributed by atoms with Gasteiger partial charge >= 0.3 is 5.97 Å². The first-order valence-corrected chi connectivity index (χ1v) is 10.3. The van der Waals surface area contributed by atoms with Crippen molar-refractivity contribution in [2.75, 3.05) is 6.61 Å². The van der Waals surface area contributed by atoms with Crippen molar-refractivity contribution in [3.63, 3.8) is 0 Å². The molecule has 4 aromatic rings. The summed E-state index contributed by atoms with van der Waals surface area (Å²) in [6.45, 7) is 1.31. The molecular formula is C25H17ClN2O5. The van der Waals surface area contributed by atoms with E-state index < -0.39 is 23.3 Å². The zero-order valence-electron chi connectivity index (χ0n) is 17.4. The van der Waals surface area contributed by atoms with Gasteiger partial charge in [0.1, 0.15) is 0 Å². The van der Waals surface area contributed by atoms with Gasteiger partial charge in [-0.1, -0.05) is 48.0 Å². The fraction of sp³-hybridized carbons (Fsp3) is 0.0800. The summed E-state index contributed by atoms with van der Waals surface area (Å²) in [7, 11) is 0. The maximum atomic E-state index is 13.0. The number of aromatic nitrogens is 1. The Kier molecular flexibility index (Phi) is 6.15. The van der Waals surface area contributed by atoms with Crippen LogP contribution in [0.15, 0.2) is 72.8 Å². The largest absolute Gasteiger partial charge is 0.454 e. The van der Waals surface area contributed by atoms with Crippen LogP contribution in [0.4, 0.5) is 5.69 Å². The predicted octanol–water partition coefficient (Wildman–Crippen LogP) is 5.81. The standard InChI is InChI=1S/C25H17ClN2O5/c1-15-21(26)12-11-19-20(13-22(27-24(15)19)16-5-3-2-4-6-16)25(30)33-14-23(29)17-7-9-18(10-8-17)28(31)32/h2-13H,14H2,1H3. The maximum absolute atomic E-state index is 13.0. The molecule has 0 amide bonds. The quantitative estimate of drug-likeness (QED) is 0.156. The van der Waals surface area contributed by atoms with Crippen molar-refractivity contribution in [3.05, 3.63) is 105 Å². The van der Waals surface area contributed by atoms with Crippen molar-refractivity contribution in [2.45, 2.75) is 6.92 Å². The van der Waals surface area contributed by atoms with Crippen LogP contribution in [-0.4, -0.2) is 28.3 Å². The number of rotatable bonds is 6. The van der Waals surface area contributed by atoms with Crippen LogP contribution in [0.1, 0.15) is 26.3 Å². The number of benzene rings is 3. The number of pyridine rings is 1. The van der Waals surface area contributed by atoms with E-state index in [1.165, 1.54) is 24.3 Å². The van der Waals surface area contributed by atoms with E-state index in [9.17, 15) is 19.7 Å². The number of hydrogen-bond donors (Lipinski definition) is 0. The normalized spacial score (nSPS) is 10.7. The third kappa shape index (κ3) is 4.58. The van der Waals surface area contributed by atoms with Gasteiger partial charge in [0, 0.05) is 33.7 Å². The van der Waals surface area contributed by atoms with Crippen molar-refractivity contribution < 1.29 is 19.2 Å². The van der Waals surface area contributed by atoms with Gasteiger partial charge in [0.15, 0.2) is 12.4 Å². The van der Waals surface area contributed by atoms with E-state index in [1.807, 2.05) is 37.3 Å². The van der Waals surface area contributed by atoms with Gasteiger partial charge in [0.05, 0.1) is 21.7 Å². The van der Waals surface area contributed by atoms with E-state index >= 15 is 0 Å². The monoisotopic (exact) mass is 460 g/mol. The Morgan fingerprint density at radius 3 is 2.39 bits per heavy atom.